The molecule has 1 aliphatic rings. The highest BCUT2D eigenvalue weighted by atomic mass is 32.2. The number of amides is 1. The first-order valence-electron chi connectivity index (χ1n) is 7.53. The molecule has 0 bridgehead atoms. The highest BCUT2D eigenvalue weighted by molar-refractivity contribution is 7.91. The van der Waals surface area contributed by atoms with Crippen LogP contribution in [-0.2, 0) is 21.2 Å². The Kier molecular flexibility index (Phi) is 4.25. The summed E-state index contributed by atoms with van der Waals surface area (Å²) in [6.07, 6.45) is 1.19. The maximum Gasteiger partial charge on any atom is 0.419 e. The number of oxazole rings is 1. The van der Waals surface area contributed by atoms with Crippen molar-refractivity contribution in [2.24, 2.45) is 0 Å². The summed E-state index contributed by atoms with van der Waals surface area (Å²) in [5.74, 6) is -0.472. The van der Waals surface area contributed by atoms with Crippen LogP contribution in [0.25, 0.3) is 11.1 Å². The molecule has 2 aromatic rings. The number of para-hydroxylation sites is 2. The number of hydrogen-bond donors (Lipinski definition) is 1. The highest BCUT2D eigenvalue weighted by Crippen LogP contribution is 2.13. The lowest BCUT2D eigenvalue weighted by Crippen LogP contribution is -2.35. The maximum absolute atomic E-state index is 11.9. The molecule has 3 rings (SSSR count). The summed E-state index contributed by atoms with van der Waals surface area (Å²) in [7, 11) is -3.00. The molecule has 1 fully saturated rings. The molecular formula is C15H18N2O5S. The molecule has 0 saturated carbocycles. The van der Waals surface area contributed by atoms with Crippen molar-refractivity contribution in [3.63, 3.8) is 0 Å². The zero-order chi connectivity index (χ0) is 16.4. The number of nitrogens with zero attached hydrogens (tertiary/aromatic N) is 1. The first-order valence-corrected chi connectivity index (χ1v) is 9.35. The molecule has 2 heterocycles. The number of carbonyl (C=O) groups excluding carboxylic acids is 1. The minimum Gasteiger partial charge on any atom is -0.408 e. The summed E-state index contributed by atoms with van der Waals surface area (Å²) in [4.78, 5) is 23.7. The number of hydrogen-bond acceptors (Lipinski definition) is 5. The van der Waals surface area contributed by atoms with Gasteiger partial charge in [0.15, 0.2) is 15.4 Å². The van der Waals surface area contributed by atoms with E-state index in [4.69, 9.17) is 4.42 Å². The monoisotopic (exact) mass is 338 g/mol. The van der Waals surface area contributed by atoms with Gasteiger partial charge in [-0.15, -0.1) is 0 Å². The van der Waals surface area contributed by atoms with Crippen molar-refractivity contribution >= 4 is 26.8 Å². The van der Waals surface area contributed by atoms with Gasteiger partial charge in [-0.3, -0.25) is 9.36 Å². The number of aromatic nitrogens is 1. The molecule has 124 valence electrons. The molecule has 1 aromatic heterocycles. The number of benzene rings is 1. The van der Waals surface area contributed by atoms with Gasteiger partial charge in [0.2, 0.25) is 5.91 Å². The summed E-state index contributed by atoms with van der Waals surface area (Å²) >= 11 is 0. The Balaban J connectivity index is 1.54. The lowest BCUT2D eigenvalue weighted by atomic mass is 10.2. The summed E-state index contributed by atoms with van der Waals surface area (Å²) < 4.78 is 29.3. The van der Waals surface area contributed by atoms with E-state index in [0.29, 0.717) is 30.5 Å². The Bertz CT molecular complexity index is 881. The van der Waals surface area contributed by atoms with E-state index in [0.717, 1.165) is 0 Å². The number of carbonyl (C=O) groups is 1. The molecule has 1 saturated heterocycles. The summed E-state index contributed by atoms with van der Waals surface area (Å²) in [5.41, 5.74) is 1.23. The topological polar surface area (TPSA) is 98.4 Å². The van der Waals surface area contributed by atoms with Gasteiger partial charge in [-0.25, -0.2) is 13.2 Å². The number of nitrogens with one attached hydrogen (secondary N) is 1. The Morgan fingerprint density at radius 2 is 2.13 bits per heavy atom. The van der Waals surface area contributed by atoms with Gasteiger partial charge in [0.25, 0.3) is 0 Å². The minimum absolute atomic E-state index is 0.0184. The van der Waals surface area contributed by atoms with Gasteiger partial charge in [-0.2, -0.15) is 0 Å². The molecule has 7 nitrogen and oxygen atoms in total. The van der Waals surface area contributed by atoms with Crippen LogP contribution in [0.1, 0.15) is 19.3 Å². The standard InChI is InChI=1S/C15H18N2O5S/c18-14(16-11-7-9-23(20,21)10-11)6-3-8-17-12-4-1-2-5-13(12)22-15(17)19/h1-2,4-5,11H,3,6-10H2,(H,16,18)/t11-/m1/s1. The quantitative estimate of drug-likeness (QED) is 0.864. The second-order valence-corrected chi connectivity index (χ2v) is 7.99. The van der Waals surface area contributed by atoms with E-state index >= 15 is 0 Å². The van der Waals surface area contributed by atoms with Crippen molar-refractivity contribution in [3.8, 4) is 0 Å². The Morgan fingerprint density at radius 3 is 2.87 bits per heavy atom. The summed E-state index contributed by atoms with van der Waals surface area (Å²) in [5, 5.41) is 2.74. The number of rotatable bonds is 5. The lowest BCUT2D eigenvalue weighted by molar-refractivity contribution is -0.121. The molecule has 0 unspecified atom stereocenters. The Morgan fingerprint density at radius 1 is 1.35 bits per heavy atom. The Labute approximate surface area is 133 Å². The van der Waals surface area contributed by atoms with Crippen molar-refractivity contribution in [3.05, 3.63) is 34.8 Å². The first kappa shape index (κ1) is 15.8. The van der Waals surface area contributed by atoms with E-state index < -0.39 is 15.6 Å². The third-order valence-electron chi connectivity index (χ3n) is 3.96. The molecular weight excluding hydrogens is 320 g/mol. The van der Waals surface area contributed by atoms with Crippen molar-refractivity contribution in [2.45, 2.75) is 31.8 Å². The Hall–Kier alpha value is -2.09. The van der Waals surface area contributed by atoms with Gasteiger partial charge in [0, 0.05) is 19.0 Å². The van der Waals surface area contributed by atoms with Crippen LogP contribution in [0.15, 0.2) is 33.5 Å². The van der Waals surface area contributed by atoms with E-state index in [9.17, 15) is 18.0 Å². The molecule has 1 N–H and O–H groups in total. The molecule has 0 aliphatic carbocycles. The molecule has 0 radical (unpaired) electrons. The van der Waals surface area contributed by atoms with E-state index in [1.54, 1.807) is 18.2 Å². The average Bonchev–Trinajstić information content (AvgIpc) is 2.99. The zero-order valence-corrected chi connectivity index (χ0v) is 13.3. The zero-order valence-electron chi connectivity index (χ0n) is 12.5. The molecule has 1 atom stereocenters. The highest BCUT2D eigenvalue weighted by Gasteiger charge is 2.28. The third kappa shape index (κ3) is 3.64. The number of aryl methyl sites for hydroxylation is 1. The molecule has 1 aliphatic heterocycles. The smallest absolute Gasteiger partial charge is 0.408 e. The molecule has 1 amide bonds. The van der Waals surface area contributed by atoms with Crippen LogP contribution in [0.5, 0.6) is 0 Å². The normalized spacial score (nSPS) is 19.9. The molecule has 8 heteroatoms. The average molecular weight is 338 g/mol. The van der Waals surface area contributed by atoms with Crippen molar-refractivity contribution < 1.29 is 17.6 Å². The van der Waals surface area contributed by atoms with Crippen LogP contribution in [0.3, 0.4) is 0 Å². The van der Waals surface area contributed by atoms with Crippen LogP contribution in [0.2, 0.25) is 0 Å². The van der Waals surface area contributed by atoms with Crippen molar-refractivity contribution in [1.82, 2.24) is 9.88 Å². The van der Waals surface area contributed by atoms with Crippen LogP contribution >= 0.6 is 0 Å². The fourth-order valence-electron chi connectivity index (χ4n) is 2.83. The van der Waals surface area contributed by atoms with Gasteiger partial charge < -0.3 is 9.73 Å². The fraction of sp³-hybridized carbons (Fsp3) is 0.467. The number of fused-ring (bicyclic) bond motifs is 1. The van der Waals surface area contributed by atoms with Crippen LogP contribution in [0, 0.1) is 0 Å². The van der Waals surface area contributed by atoms with Crippen molar-refractivity contribution in [1.29, 1.82) is 0 Å². The second-order valence-electron chi connectivity index (χ2n) is 5.76. The van der Waals surface area contributed by atoms with Gasteiger partial charge in [0.1, 0.15) is 0 Å². The summed E-state index contributed by atoms with van der Waals surface area (Å²) in [6, 6.07) is 6.84. The molecule has 23 heavy (non-hydrogen) atoms. The lowest BCUT2D eigenvalue weighted by Gasteiger charge is -2.10. The predicted octanol–water partition coefficient (Wildman–Crippen LogP) is 0.678. The SMILES string of the molecule is O=C(CCCn1c(=O)oc2ccccc21)N[C@@H]1CCS(=O)(=O)C1. The van der Waals surface area contributed by atoms with E-state index in [-0.39, 0.29) is 29.9 Å². The van der Waals surface area contributed by atoms with E-state index in [2.05, 4.69) is 5.32 Å². The van der Waals surface area contributed by atoms with Crippen LogP contribution < -0.4 is 11.1 Å². The van der Waals surface area contributed by atoms with Crippen molar-refractivity contribution in [2.75, 3.05) is 11.5 Å². The van der Waals surface area contributed by atoms with Crippen LogP contribution in [0.4, 0.5) is 0 Å². The first-order chi connectivity index (χ1) is 10.9. The fourth-order valence-corrected chi connectivity index (χ4v) is 4.51. The maximum atomic E-state index is 11.9. The second kappa shape index (κ2) is 6.19. The van der Waals surface area contributed by atoms with Gasteiger partial charge >= 0.3 is 5.76 Å². The van der Waals surface area contributed by atoms with Gasteiger partial charge in [0.05, 0.1) is 17.0 Å². The van der Waals surface area contributed by atoms with Gasteiger partial charge in [-0.05, 0) is 25.0 Å². The summed E-state index contributed by atoms with van der Waals surface area (Å²) in [6.45, 7) is 0.381. The molecule has 0 spiro atoms. The molecule has 1 aromatic carbocycles. The van der Waals surface area contributed by atoms with E-state index in [1.807, 2.05) is 6.07 Å². The number of sulfone groups is 1. The van der Waals surface area contributed by atoms with Gasteiger partial charge in [-0.1, -0.05) is 12.1 Å². The largest absolute Gasteiger partial charge is 0.419 e. The predicted molar refractivity (Wildman–Crippen MR) is 84.9 cm³/mol. The van der Waals surface area contributed by atoms with E-state index in [1.165, 1.54) is 4.57 Å². The minimum atomic E-state index is -3.00. The third-order valence-corrected chi connectivity index (χ3v) is 5.72. The van der Waals surface area contributed by atoms with Crippen LogP contribution in [-0.4, -0.2) is 36.4 Å².